The Labute approximate surface area is 144 Å². The summed E-state index contributed by atoms with van der Waals surface area (Å²) in [5.41, 5.74) is 1.23. The second-order valence-corrected chi connectivity index (χ2v) is 7.04. The third-order valence-corrected chi connectivity index (χ3v) is 5.25. The summed E-state index contributed by atoms with van der Waals surface area (Å²) in [6, 6.07) is 0.0780. The van der Waals surface area contributed by atoms with Gasteiger partial charge in [0.05, 0.1) is 0 Å². The van der Waals surface area contributed by atoms with Gasteiger partial charge in [-0.2, -0.15) is 0 Å². The Bertz CT molecular complexity index is 551. The largest absolute Gasteiger partial charge is 0.381 e. The number of likely N-dealkylation sites (tertiary alicyclic amines) is 1. The lowest BCUT2D eigenvalue weighted by molar-refractivity contribution is 0.0822. The average Bonchev–Trinajstić information content (AvgIpc) is 2.97. The molecule has 0 saturated carbocycles. The predicted octanol–water partition coefficient (Wildman–Crippen LogP) is 2.53. The molecule has 1 aromatic rings. The topological polar surface area (TPSA) is 59.4 Å². The molecule has 6 heteroatoms. The summed E-state index contributed by atoms with van der Waals surface area (Å²) in [7, 11) is 0. The summed E-state index contributed by atoms with van der Waals surface area (Å²) in [5, 5.41) is 2.92. The molecule has 2 amide bonds. The Hall–Kier alpha value is -1.56. The van der Waals surface area contributed by atoms with Crippen LogP contribution in [0.1, 0.15) is 50.0 Å². The quantitative estimate of drug-likeness (QED) is 0.920. The molecule has 0 spiro atoms. The highest BCUT2D eigenvalue weighted by molar-refractivity contribution is 5.74. The van der Waals surface area contributed by atoms with Gasteiger partial charge in [-0.3, -0.25) is 0 Å². The van der Waals surface area contributed by atoms with Crippen molar-refractivity contribution in [3.05, 3.63) is 17.7 Å². The van der Waals surface area contributed by atoms with E-state index in [2.05, 4.69) is 16.8 Å². The fourth-order valence-corrected chi connectivity index (χ4v) is 3.92. The second kappa shape index (κ2) is 8.01. The number of carbonyl (C=O) groups is 1. The molecule has 0 bridgehead atoms. The smallest absolute Gasteiger partial charge is 0.317 e. The summed E-state index contributed by atoms with van der Waals surface area (Å²) in [5.74, 6) is 2.23. The fraction of sp³-hybridized carbons (Fsp3) is 0.778. The van der Waals surface area contributed by atoms with Crippen molar-refractivity contribution in [2.24, 2.45) is 5.92 Å². The van der Waals surface area contributed by atoms with Crippen molar-refractivity contribution in [3.8, 4) is 0 Å². The maximum absolute atomic E-state index is 12.1. The summed E-state index contributed by atoms with van der Waals surface area (Å²) in [4.78, 5) is 18.8. The van der Waals surface area contributed by atoms with Crippen LogP contribution in [0.2, 0.25) is 0 Å². The third kappa shape index (κ3) is 3.91. The number of nitrogens with one attached hydrogen (secondary N) is 1. The predicted molar refractivity (Wildman–Crippen MR) is 93.1 cm³/mol. The van der Waals surface area contributed by atoms with Crippen LogP contribution in [0.15, 0.2) is 6.20 Å². The number of aromatic nitrogens is 2. The first-order valence-corrected chi connectivity index (χ1v) is 9.31. The van der Waals surface area contributed by atoms with Gasteiger partial charge in [0.2, 0.25) is 0 Å². The third-order valence-electron chi connectivity index (χ3n) is 5.25. The molecule has 0 aromatic carbocycles. The molecular formula is C18H30N4O2. The van der Waals surface area contributed by atoms with Crippen molar-refractivity contribution in [2.75, 3.05) is 32.8 Å². The van der Waals surface area contributed by atoms with Gasteiger partial charge in [-0.1, -0.05) is 0 Å². The zero-order valence-electron chi connectivity index (χ0n) is 15.0. The fourth-order valence-electron chi connectivity index (χ4n) is 3.92. The van der Waals surface area contributed by atoms with E-state index in [4.69, 9.17) is 9.72 Å². The van der Waals surface area contributed by atoms with Crippen LogP contribution in [0.25, 0.3) is 0 Å². The number of carbonyl (C=O) groups excluding carboxylic acids is 1. The standard InChI is InChI=1S/C18H30N4O2/c1-3-19-18(23)21-8-4-5-15(12-21)13-22-14(2)11-20-17(22)16-6-9-24-10-7-16/h11,15-16H,3-10,12-13H2,1-2H3,(H,19,23). The number of hydrogen-bond donors (Lipinski definition) is 1. The van der Waals surface area contributed by atoms with Crippen LogP contribution in [0.4, 0.5) is 4.79 Å². The maximum atomic E-state index is 12.1. The zero-order chi connectivity index (χ0) is 16.9. The number of rotatable bonds is 4. The second-order valence-electron chi connectivity index (χ2n) is 7.04. The molecular weight excluding hydrogens is 304 g/mol. The summed E-state index contributed by atoms with van der Waals surface area (Å²) in [6.07, 6.45) is 6.39. The van der Waals surface area contributed by atoms with Gasteiger partial charge in [-0.15, -0.1) is 0 Å². The maximum Gasteiger partial charge on any atom is 0.317 e. The highest BCUT2D eigenvalue weighted by Crippen LogP contribution is 2.28. The van der Waals surface area contributed by atoms with E-state index in [0.717, 1.165) is 52.1 Å². The lowest BCUT2D eigenvalue weighted by Crippen LogP contribution is -2.46. The summed E-state index contributed by atoms with van der Waals surface area (Å²) >= 11 is 0. The molecule has 2 aliphatic rings. The van der Waals surface area contributed by atoms with Crippen molar-refractivity contribution in [2.45, 2.75) is 52.0 Å². The van der Waals surface area contributed by atoms with Gasteiger partial charge < -0.3 is 19.5 Å². The lowest BCUT2D eigenvalue weighted by atomic mass is 9.96. The Balaban J connectivity index is 1.67. The lowest BCUT2D eigenvalue weighted by Gasteiger charge is -2.34. The van der Waals surface area contributed by atoms with Crippen molar-refractivity contribution in [1.82, 2.24) is 19.8 Å². The number of nitrogens with zero attached hydrogens (tertiary/aromatic N) is 3. The monoisotopic (exact) mass is 334 g/mol. The molecule has 0 radical (unpaired) electrons. The van der Waals surface area contributed by atoms with Crippen LogP contribution in [0.3, 0.4) is 0 Å². The van der Waals surface area contributed by atoms with Crippen LogP contribution < -0.4 is 5.32 Å². The van der Waals surface area contributed by atoms with Crippen LogP contribution in [0, 0.1) is 12.8 Å². The Morgan fingerprint density at radius 2 is 2.17 bits per heavy atom. The highest BCUT2D eigenvalue weighted by Gasteiger charge is 2.27. The van der Waals surface area contributed by atoms with Gasteiger partial charge in [0, 0.05) is 57.2 Å². The van der Waals surface area contributed by atoms with Gasteiger partial charge in [-0.25, -0.2) is 9.78 Å². The zero-order valence-corrected chi connectivity index (χ0v) is 15.0. The Kier molecular flexibility index (Phi) is 5.76. The number of ether oxygens (including phenoxy) is 1. The first-order valence-electron chi connectivity index (χ1n) is 9.31. The molecule has 6 nitrogen and oxygen atoms in total. The number of amides is 2. The Morgan fingerprint density at radius 3 is 2.92 bits per heavy atom. The molecule has 2 saturated heterocycles. The van der Waals surface area contributed by atoms with Gasteiger partial charge in [0.15, 0.2) is 0 Å². The van der Waals surface area contributed by atoms with E-state index in [0.29, 0.717) is 18.4 Å². The number of aryl methyl sites for hydroxylation is 1. The minimum absolute atomic E-state index is 0.0780. The van der Waals surface area contributed by atoms with E-state index in [1.165, 1.54) is 17.9 Å². The van der Waals surface area contributed by atoms with Gasteiger partial charge in [0.1, 0.15) is 5.82 Å². The normalized spacial score (nSPS) is 22.6. The minimum atomic E-state index is 0.0780. The minimum Gasteiger partial charge on any atom is -0.381 e. The average molecular weight is 334 g/mol. The van der Waals surface area contributed by atoms with E-state index in [9.17, 15) is 4.79 Å². The van der Waals surface area contributed by atoms with Crippen LogP contribution >= 0.6 is 0 Å². The Morgan fingerprint density at radius 1 is 1.38 bits per heavy atom. The van der Waals surface area contributed by atoms with Gasteiger partial charge >= 0.3 is 6.03 Å². The highest BCUT2D eigenvalue weighted by atomic mass is 16.5. The van der Waals surface area contributed by atoms with Gasteiger partial charge in [0.25, 0.3) is 0 Å². The van der Waals surface area contributed by atoms with E-state index in [1.807, 2.05) is 18.0 Å². The molecule has 1 N–H and O–H groups in total. The van der Waals surface area contributed by atoms with Crippen molar-refractivity contribution in [1.29, 1.82) is 0 Å². The molecule has 3 heterocycles. The molecule has 1 aromatic heterocycles. The van der Waals surface area contributed by atoms with E-state index in [1.54, 1.807) is 0 Å². The van der Waals surface area contributed by atoms with Gasteiger partial charge in [-0.05, 0) is 45.4 Å². The van der Waals surface area contributed by atoms with E-state index >= 15 is 0 Å². The first-order chi connectivity index (χ1) is 11.7. The van der Waals surface area contributed by atoms with Crippen LogP contribution in [-0.4, -0.2) is 53.3 Å². The molecule has 2 fully saturated rings. The molecule has 0 aliphatic carbocycles. The van der Waals surface area contributed by atoms with Crippen molar-refractivity contribution >= 4 is 6.03 Å². The van der Waals surface area contributed by atoms with Crippen molar-refractivity contribution in [3.63, 3.8) is 0 Å². The van der Waals surface area contributed by atoms with Crippen LogP contribution in [0.5, 0.6) is 0 Å². The summed E-state index contributed by atoms with van der Waals surface area (Å²) < 4.78 is 7.88. The number of urea groups is 1. The summed E-state index contributed by atoms with van der Waals surface area (Å²) in [6.45, 7) is 9.15. The SMILES string of the molecule is CCNC(=O)N1CCCC(Cn2c(C)cnc2C2CCOCC2)C1. The molecule has 1 unspecified atom stereocenters. The first kappa shape index (κ1) is 17.3. The van der Waals surface area contributed by atoms with E-state index in [-0.39, 0.29) is 6.03 Å². The van der Waals surface area contributed by atoms with Crippen LogP contribution in [-0.2, 0) is 11.3 Å². The van der Waals surface area contributed by atoms with E-state index < -0.39 is 0 Å². The number of hydrogen-bond acceptors (Lipinski definition) is 3. The number of piperidine rings is 1. The molecule has 2 aliphatic heterocycles. The molecule has 3 rings (SSSR count). The molecule has 1 atom stereocenters. The molecule has 134 valence electrons. The van der Waals surface area contributed by atoms with Crippen molar-refractivity contribution < 1.29 is 9.53 Å². The number of imidazole rings is 1. The molecule has 24 heavy (non-hydrogen) atoms.